The lowest BCUT2D eigenvalue weighted by Gasteiger charge is -2.20. The van der Waals surface area contributed by atoms with E-state index >= 15 is 0 Å². The predicted molar refractivity (Wildman–Crippen MR) is 54.7 cm³/mol. The quantitative estimate of drug-likeness (QED) is 0.679. The second-order valence-corrected chi connectivity index (χ2v) is 3.98. The van der Waals surface area contributed by atoms with Crippen molar-refractivity contribution in [1.29, 1.82) is 0 Å². The van der Waals surface area contributed by atoms with Crippen LogP contribution in [0.5, 0.6) is 5.75 Å². The van der Waals surface area contributed by atoms with Crippen molar-refractivity contribution in [3.05, 3.63) is 29.3 Å². The molecule has 0 saturated carbocycles. The number of ketones is 1. The Morgan fingerprint density at radius 3 is 2.86 bits per heavy atom. The van der Waals surface area contributed by atoms with Gasteiger partial charge in [-0.3, -0.25) is 4.79 Å². The molecule has 1 aliphatic heterocycles. The third-order valence-corrected chi connectivity index (χ3v) is 2.55. The Bertz CT molecular complexity index is 367. The van der Waals surface area contributed by atoms with Gasteiger partial charge in [-0.05, 0) is 17.5 Å². The Kier molecular flexibility index (Phi) is 2.28. The molecule has 14 heavy (non-hydrogen) atoms. The summed E-state index contributed by atoms with van der Waals surface area (Å²) >= 11 is 0. The smallest absolute Gasteiger partial charge is 0.174 e. The van der Waals surface area contributed by atoms with Crippen molar-refractivity contribution < 1.29 is 9.53 Å². The molecule has 1 aromatic carbocycles. The molecule has 0 saturated heterocycles. The van der Waals surface area contributed by atoms with Crippen LogP contribution in [0.3, 0.4) is 0 Å². The minimum absolute atomic E-state index is 0.172. The number of carbonyl (C=O) groups is 1. The van der Waals surface area contributed by atoms with Gasteiger partial charge in [-0.2, -0.15) is 0 Å². The summed E-state index contributed by atoms with van der Waals surface area (Å²) < 4.78 is 5.38. The molecule has 0 aromatic heterocycles. The molecule has 1 heterocycles. The number of hydrogen-bond donors (Lipinski definition) is 0. The van der Waals surface area contributed by atoms with Gasteiger partial charge in [0.15, 0.2) is 5.78 Å². The number of Topliss-reactive ketones (excluding diaryl/α,β-unsaturated/α-hetero) is 1. The zero-order chi connectivity index (χ0) is 10.1. The van der Waals surface area contributed by atoms with Crippen LogP contribution in [0.15, 0.2) is 18.2 Å². The Balaban J connectivity index is 2.48. The average Bonchev–Trinajstić information content (AvgIpc) is 2.16. The summed E-state index contributed by atoms with van der Waals surface area (Å²) in [5.74, 6) is 1.50. The van der Waals surface area contributed by atoms with Crippen molar-refractivity contribution in [3.8, 4) is 5.75 Å². The van der Waals surface area contributed by atoms with Crippen LogP contribution in [0.25, 0.3) is 0 Å². The molecule has 2 nitrogen and oxygen atoms in total. The number of hydrogen-bond acceptors (Lipinski definition) is 2. The Hall–Kier alpha value is -1.31. The fourth-order valence-corrected chi connectivity index (χ4v) is 1.85. The molecule has 1 aliphatic rings. The predicted octanol–water partition coefficient (Wildman–Crippen LogP) is 2.31. The van der Waals surface area contributed by atoms with Crippen molar-refractivity contribution in [3.63, 3.8) is 0 Å². The summed E-state index contributed by atoms with van der Waals surface area (Å²) in [5, 5.41) is 0. The fourth-order valence-electron chi connectivity index (χ4n) is 1.85. The lowest BCUT2D eigenvalue weighted by Crippen LogP contribution is -2.21. The molecular formula is C12H14O2. The van der Waals surface area contributed by atoms with Gasteiger partial charge in [0, 0.05) is 12.0 Å². The Morgan fingerprint density at radius 2 is 2.14 bits per heavy atom. The van der Waals surface area contributed by atoms with E-state index in [4.69, 9.17) is 4.74 Å². The fraction of sp³-hybridized carbons (Fsp3) is 0.417. The van der Waals surface area contributed by atoms with E-state index in [0.29, 0.717) is 12.3 Å². The second kappa shape index (κ2) is 3.45. The molecule has 0 spiro atoms. The number of benzene rings is 1. The van der Waals surface area contributed by atoms with Gasteiger partial charge in [-0.25, -0.2) is 0 Å². The minimum atomic E-state index is 0.172. The van der Waals surface area contributed by atoms with E-state index in [1.807, 2.05) is 12.1 Å². The van der Waals surface area contributed by atoms with Crippen LogP contribution < -0.4 is 4.74 Å². The minimum Gasteiger partial charge on any atom is -0.486 e. The third kappa shape index (κ3) is 1.52. The first kappa shape index (κ1) is 9.25. The Morgan fingerprint density at radius 1 is 1.36 bits per heavy atom. The van der Waals surface area contributed by atoms with Crippen molar-refractivity contribution in [1.82, 2.24) is 0 Å². The van der Waals surface area contributed by atoms with Crippen LogP contribution in [0.4, 0.5) is 0 Å². The largest absolute Gasteiger partial charge is 0.486 e. The highest BCUT2D eigenvalue weighted by atomic mass is 16.5. The van der Waals surface area contributed by atoms with Gasteiger partial charge in [0.1, 0.15) is 12.4 Å². The summed E-state index contributed by atoms with van der Waals surface area (Å²) in [7, 11) is 0. The van der Waals surface area contributed by atoms with Gasteiger partial charge in [-0.15, -0.1) is 0 Å². The van der Waals surface area contributed by atoms with E-state index in [9.17, 15) is 4.79 Å². The number of rotatable bonds is 1. The summed E-state index contributed by atoms with van der Waals surface area (Å²) in [6, 6.07) is 6.00. The van der Waals surface area contributed by atoms with Crippen molar-refractivity contribution in [2.45, 2.75) is 26.2 Å². The normalized spacial score (nSPS) is 15.2. The maximum absolute atomic E-state index is 11.3. The van der Waals surface area contributed by atoms with E-state index < -0.39 is 0 Å². The highest BCUT2D eigenvalue weighted by molar-refractivity contribution is 5.85. The van der Waals surface area contributed by atoms with Gasteiger partial charge in [0.25, 0.3) is 0 Å². The van der Waals surface area contributed by atoms with Crippen LogP contribution in [0, 0.1) is 0 Å². The molecule has 0 radical (unpaired) electrons. The monoisotopic (exact) mass is 190 g/mol. The topological polar surface area (TPSA) is 26.3 Å². The van der Waals surface area contributed by atoms with Gasteiger partial charge < -0.3 is 4.74 Å². The maximum atomic E-state index is 11.3. The third-order valence-electron chi connectivity index (χ3n) is 2.55. The average molecular weight is 190 g/mol. The van der Waals surface area contributed by atoms with Gasteiger partial charge >= 0.3 is 0 Å². The van der Waals surface area contributed by atoms with E-state index in [0.717, 1.165) is 11.3 Å². The standard InChI is InChI=1S/C12H14O2/c1-8(2)10-4-3-5-12-11(10)6-9(13)7-14-12/h3-5,8H,6-7H2,1-2H3. The van der Waals surface area contributed by atoms with Crippen LogP contribution >= 0.6 is 0 Å². The number of fused-ring (bicyclic) bond motifs is 1. The van der Waals surface area contributed by atoms with Crippen molar-refractivity contribution >= 4 is 5.78 Å². The first-order chi connectivity index (χ1) is 6.68. The van der Waals surface area contributed by atoms with Crippen molar-refractivity contribution in [2.24, 2.45) is 0 Å². The van der Waals surface area contributed by atoms with E-state index in [1.54, 1.807) is 0 Å². The lowest BCUT2D eigenvalue weighted by atomic mass is 9.92. The molecule has 0 bridgehead atoms. The van der Waals surface area contributed by atoms with Gasteiger partial charge in [0.05, 0.1) is 0 Å². The van der Waals surface area contributed by atoms with Gasteiger partial charge in [0.2, 0.25) is 0 Å². The van der Waals surface area contributed by atoms with E-state index in [2.05, 4.69) is 19.9 Å². The molecule has 0 amide bonds. The van der Waals surface area contributed by atoms with Crippen LogP contribution in [0.1, 0.15) is 30.9 Å². The van der Waals surface area contributed by atoms with Crippen LogP contribution in [0.2, 0.25) is 0 Å². The molecule has 0 atom stereocenters. The first-order valence-electron chi connectivity index (χ1n) is 4.94. The molecule has 0 N–H and O–H groups in total. The molecule has 2 rings (SSSR count). The zero-order valence-electron chi connectivity index (χ0n) is 8.54. The number of ether oxygens (including phenoxy) is 1. The molecular weight excluding hydrogens is 176 g/mol. The lowest BCUT2D eigenvalue weighted by molar-refractivity contribution is -0.121. The molecule has 0 unspecified atom stereocenters. The highest BCUT2D eigenvalue weighted by Crippen LogP contribution is 2.30. The summed E-state index contributed by atoms with van der Waals surface area (Å²) in [5.41, 5.74) is 2.31. The molecule has 0 fully saturated rings. The summed E-state index contributed by atoms with van der Waals surface area (Å²) in [6.07, 6.45) is 0.531. The van der Waals surface area contributed by atoms with Crippen LogP contribution in [-0.2, 0) is 11.2 Å². The molecule has 2 heteroatoms. The Labute approximate surface area is 83.9 Å². The van der Waals surface area contributed by atoms with E-state index in [1.165, 1.54) is 5.56 Å². The molecule has 1 aromatic rings. The van der Waals surface area contributed by atoms with E-state index in [-0.39, 0.29) is 12.4 Å². The van der Waals surface area contributed by atoms with Crippen molar-refractivity contribution in [2.75, 3.05) is 6.61 Å². The maximum Gasteiger partial charge on any atom is 0.174 e. The SMILES string of the molecule is CC(C)c1cccc2c1CC(=O)CO2. The molecule has 74 valence electrons. The zero-order valence-corrected chi connectivity index (χ0v) is 8.54. The van der Waals surface area contributed by atoms with Crippen LogP contribution in [-0.4, -0.2) is 12.4 Å². The number of carbonyl (C=O) groups excluding carboxylic acids is 1. The summed E-state index contributed by atoms with van der Waals surface area (Å²) in [4.78, 5) is 11.3. The van der Waals surface area contributed by atoms with Gasteiger partial charge in [-0.1, -0.05) is 26.0 Å². The highest BCUT2D eigenvalue weighted by Gasteiger charge is 2.20. The molecule has 0 aliphatic carbocycles. The first-order valence-corrected chi connectivity index (χ1v) is 4.94. The second-order valence-electron chi connectivity index (χ2n) is 3.98. The summed E-state index contributed by atoms with van der Waals surface area (Å²) in [6.45, 7) is 4.50.